The van der Waals surface area contributed by atoms with Crippen LogP contribution in [0.2, 0.25) is 0 Å². The predicted molar refractivity (Wildman–Crippen MR) is 168 cm³/mol. The fourth-order valence-electron chi connectivity index (χ4n) is 5.31. The molecular weight excluding hydrogens is 553 g/mol. The molecule has 6 rings (SSSR count). The van der Waals surface area contributed by atoms with Crippen LogP contribution in [0.4, 0.5) is 4.39 Å². The van der Waals surface area contributed by atoms with Gasteiger partial charge < -0.3 is 15.0 Å². The summed E-state index contributed by atoms with van der Waals surface area (Å²) in [6.45, 7) is 0.706. The van der Waals surface area contributed by atoms with Crippen LogP contribution >= 0.6 is 0 Å². The van der Waals surface area contributed by atoms with Gasteiger partial charge in [0, 0.05) is 24.7 Å². The van der Waals surface area contributed by atoms with Gasteiger partial charge in [0.05, 0.1) is 28.3 Å². The number of fused-ring (bicyclic) bond motifs is 1. The number of nitriles is 1. The molecule has 0 aliphatic carbocycles. The first kappa shape index (κ1) is 28.1. The molecule has 44 heavy (non-hydrogen) atoms. The molecule has 0 saturated heterocycles. The standard InChI is InChI=1S/C37H26FN3O3/c38-33-17-26(21-39)16-31(19-33)32-18-30-14-15-41(23-25-8-10-28(11-9-25)27-4-2-1-3-5-27)35(30)34(20-32)36(42)40-22-24-6-12-29(13-7-24)37(43)44/h1-20H,22-23H2,(H,40,42)(H,43,44). The SMILES string of the molecule is N#Cc1cc(F)cc(-c2cc(C(=O)NCc3ccc(C(=O)O)cc3)c3c(ccn3Cc3ccc(-c4ccccc4)cc3)c2)c1. The Balaban J connectivity index is 1.36. The Morgan fingerprint density at radius 3 is 2.16 bits per heavy atom. The highest BCUT2D eigenvalue weighted by Gasteiger charge is 2.18. The first-order valence-electron chi connectivity index (χ1n) is 14.0. The van der Waals surface area contributed by atoms with Gasteiger partial charge in [0.25, 0.3) is 5.91 Å². The lowest BCUT2D eigenvalue weighted by molar-refractivity contribution is 0.0696. The van der Waals surface area contributed by atoms with Crippen LogP contribution in [0.25, 0.3) is 33.2 Å². The zero-order valence-electron chi connectivity index (χ0n) is 23.5. The van der Waals surface area contributed by atoms with Gasteiger partial charge in [-0.15, -0.1) is 0 Å². The van der Waals surface area contributed by atoms with Crippen LogP contribution in [0.15, 0.2) is 121 Å². The van der Waals surface area contributed by atoms with E-state index in [0.717, 1.165) is 33.2 Å². The highest BCUT2D eigenvalue weighted by molar-refractivity contribution is 6.08. The zero-order chi connectivity index (χ0) is 30.6. The summed E-state index contributed by atoms with van der Waals surface area (Å²) in [4.78, 5) is 24.9. The highest BCUT2D eigenvalue weighted by Crippen LogP contribution is 2.31. The molecule has 0 bridgehead atoms. The summed E-state index contributed by atoms with van der Waals surface area (Å²) in [7, 11) is 0. The quantitative estimate of drug-likeness (QED) is 0.194. The number of rotatable bonds is 8. The summed E-state index contributed by atoms with van der Waals surface area (Å²) in [5.41, 5.74) is 6.60. The second kappa shape index (κ2) is 12.1. The van der Waals surface area contributed by atoms with Crippen LogP contribution in [0.3, 0.4) is 0 Å². The summed E-state index contributed by atoms with van der Waals surface area (Å²) in [5.74, 6) is -1.89. The number of carboxylic acids is 1. The molecule has 0 aliphatic heterocycles. The summed E-state index contributed by atoms with van der Waals surface area (Å²) in [5, 5.41) is 22.3. The van der Waals surface area contributed by atoms with Gasteiger partial charge in [-0.2, -0.15) is 5.26 Å². The number of aromatic nitrogens is 1. The molecule has 6 aromatic rings. The number of amides is 1. The number of hydrogen-bond donors (Lipinski definition) is 2. The maximum atomic E-state index is 14.4. The largest absolute Gasteiger partial charge is 0.478 e. The van der Waals surface area contributed by atoms with Crippen molar-refractivity contribution in [3.05, 3.63) is 155 Å². The van der Waals surface area contributed by atoms with Gasteiger partial charge in [0.2, 0.25) is 0 Å². The van der Waals surface area contributed by atoms with Crippen molar-refractivity contribution in [2.24, 2.45) is 0 Å². The van der Waals surface area contributed by atoms with Gasteiger partial charge in [-0.05, 0) is 81.9 Å². The van der Waals surface area contributed by atoms with E-state index in [1.807, 2.05) is 47.2 Å². The Hall–Kier alpha value is -6.00. The minimum absolute atomic E-state index is 0.163. The van der Waals surface area contributed by atoms with Crippen molar-refractivity contribution >= 4 is 22.8 Å². The molecular formula is C37H26FN3O3. The van der Waals surface area contributed by atoms with Crippen molar-refractivity contribution in [1.29, 1.82) is 5.26 Å². The molecule has 5 aromatic carbocycles. The molecule has 1 aromatic heterocycles. The third-order valence-electron chi connectivity index (χ3n) is 7.53. The Kier molecular flexibility index (Phi) is 7.73. The molecule has 2 N–H and O–H groups in total. The topological polar surface area (TPSA) is 95.1 Å². The van der Waals surface area contributed by atoms with Crippen LogP contribution in [0.5, 0.6) is 0 Å². The van der Waals surface area contributed by atoms with E-state index in [-0.39, 0.29) is 23.6 Å². The lowest BCUT2D eigenvalue weighted by atomic mass is 9.98. The summed E-state index contributed by atoms with van der Waals surface area (Å²) in [6, 6.07) is 36.4. The molecule has 0 saturated carbocycles. The van der Waals surface area contributed by atoms with E-state index in [1.165, 1.54) is 24.3 Å². The molecule has 0 spiro atoms. The number of halogens is 1. The van der Waals surface area contributed by atoms with Crippen LogP contribution in [0.1, 0.15) is 37.4 Å². The minimum Gasteiger partial charge on any atom is -0.478 e. The normalized spacial score (nSPS) is 10.8. The van der Waals surface area contributed by atoms with Crippen LogP contribution < -0.4 is 5.32 Å². The van der Waals surface area contributed by atoms with Crippen molar-refractivity contribution in [1.82, 2.24) is 9.88 Å². The molecule has 0 unspecified atom stereocenters. The number of carbonyl (C=O) groups excluding carboxylic acids is 1. The molecule has 6 nitrogen and oxygen atoms in total. The maximum absolute atomic E-state index is 14.4. The number of carbonyl (C=O) groups is 2. The van der Waals surface area contributed by atoms with E-state index in [4.69, 9.17) is 0 Å². The molecule has 1 heterocycles. The average Bonchev–Trinajstić information content (AvgIpc) is 3.46. The molecule has 214 valence electrons. The fourth-order valence-corrected chi connectivity index (χ4v) is 5.31. The summed E-state index contributed by atoms with van der Waals surface area (Å²) >= 11 is 0. The van der Waals surface area contributed by atoms with Crippen molar-refractivity contribution in [3.8, 4) is 28.3 Å². The van der Waals surface area contributed by atoms with E-state index in [1.54, 1.807) is 24.3 Å². The summed E-state index contributed by atoms with van der Waals surface area (Å²) < 4.78 is 16.4. The Morgan fingerprint density at radius 1 is 0.773 bits per heavy atom. The lowest BCUT2D eigenvalue weighted by Crippen LogP contribution is -2.23. The second-order valence-electron chi connectivity index (χ2n) is 10.5. The maximum Gasteiger partial charge on any atom is 0.335 e. The monoisotopic (exact) mass is 579 g/mol. The number of carboxylic acid groups (broad SMARTS) is 1. The first-order chi connectivity index (χ1) is 21.4. The number of nitrogens with zero attached hydrogens (tertiary/aromatic N) is 2. The van der Waals surface area contributed by atoms with Crippen LogP contribution in [-0.4, -0.2) is 21.6 Å². The molecule has 0 radical (unpaired) electrons. The van der Waals surface area contributed by atoms with Gasteiger partial charge in [-0.3, -0.25) is 4.79 Å². The van der Waals surface area contributed by atoms with Gasteiger partial charge in [-0.1, -0.05) is 66.7 Å². The van der Waals surface area contributed by atoms with Crippen molar-refractivity contribution < 1.29 is 19.1 Å². The first-order valence-corrected chi connectivity index (χ1v) is 14.0. The van der Waals surface area contributed by atoms with E-state index >= 15 is 0 Å². The number of nitrogens with one attached hydrogen (secondary N) is 1. The van der Waals surface area contributed by atoms with Crippen LogP contribution in [-0.2, 0) is 13.1 Å². The molecule has 7 heteroatoms. The van der Waals surface area contributed by atoms with Crippen molar-refractivity contribution in [2.45, 2.75) is 13.1 Å². The zero-order valence-corrected chi connectivity index (χ0v) is 23.5. The van der Waals surface area contributed by atoms with E-state index in [9.17, 15) is 24.3 Å². The second-order valence-corrected chi connectivity index (χ2v) is 10.5. The third-order valence-corrected chi connectivity index (χ3v) is 7.53. The lowest BCUT2D eigenvalue weighted by Gasteiger charge is -2.14. The molecule has 1 amide bonds. The van der Waals surface area contributed by atoms with E-state index in [0.29, 0.717) is 23.2 Å². The molecule has 0 atom stereocenters. The van der Waals surface area contributed by atoms with Crippen molar-refractivity contribution in [3.63, 3.8) is 0 Å². The van der Waals surface area contributed by atoms with E-state index < -0.39 is 11.8 Å². The Morgan fingerprint density at radius 2 is 1.45 bits per heavy atom. The Bertz CT molecular complexity index is 2040. The highest BCUT2D eigenvalue weighted by atomic mass is 19.1. The minimum atomic E-state index is -1.02. The van der Waals surface area contributed by atoms with Gasteiger partial charge in [-0.25, -0.2) is 9.18 Å². The van der Waals surface area contributed by atoms with Crippen LogP contribution in [0, 0.1) is 17.1 Å². The predicted octanol–water partition coefficient (Wildman–Crippen LogP) is 7.66. The summed E-state index contributed by atoms with van der Waals surface area (Å²) in [6.07, 6.45) is 1.92. The van der Waals surface area contributed by atoms with Gasteiger partial charge >= 0.3 is 5.97 Å². The average molecular weight is 580 g/mol. The molecule has 0 fully saturated rings. The van der Waals surface area contributed by atoms with E-state index in [2.05, 4.69) is 41.7 Å². The molecule has 0 aliphatic rings. The fraction of sp³-hybridized carbons (Fsp3) is 0.0541. The number of benzene rings is 5. The van der Waals surface area contributed by atoms with Gasteiger partial charge in [0.15, 0.2) is 0 Å². The smallest absolute Gasteiger partial charge is 0.335 e. The number of hydrogen-bond acceptors (Lipinski definition) is 3. The Labute approximate surface area is 253 Å². The number of aromatic carboxylic acids is 1. The third kappa shape index (κ3) is 5.96. The van der Waals surface area contributed by atoms with Crippen molar-refractivity contribution in [2.75, 3.05) is 0 Å². The van der Waals surface area contributed by atoms with Gasteiger partial charge in [0.1, 0.15) is 5.82 Å².